The Kier molecular flexibility index (Phi) is 3.56. The van der Waals surface area contributed by atoms with Crippen LogP contribution < -0.4 is 0 Å². The van der Waals surface area contributed by atoms with Gasteiger partial charge in [0.1, 0.15) is 0 Å². The van der Waals surface area contributed by atoms with Crippen LogP contribution in [0.3, 0.4) is 0 Å². The highest BCUT2D eigenvalue weighted by Gasteiger charge is 2.36. The van der Waals surface area contributed by atoms with Gasteiger partial charge in [0.2, 0.25) is 10.0 Å². The summed E-state index contributed by atoms with van der Waals surface area (Å²) in [5.74, 6) is 0. The monoisotopic (exact) mass is 351 g/mol. The molecule has 2 atom stereocenters. The number of nitrogens with zero attached hydrogens (tertiary/aromatic N) is 1. The van der Waals surface area contributed by atoms with Gasteiger partial charge in [-0.25, -0.2) is 8.42 Å². The number of hydrogen-bond donors (Lipinski definition) is 0. The second-order valence-electron chi connectivity index (χ2n) is 4.07. The van der Waals surface area contributed by atoms with Crippen molar-refractivity contribution in [1.82, 2.24) is 4.31 Å². The highest BCUT2D eigenvalue weighted by atomic mass is 127. The second kappa shape index (κ2) is 4.62. The van der Waals surface area contributed by atoms with Gasteiger partial charge in [-0.05, 0) is 25.5 Å². The SMILES string of the molecule is C[C@@H]1C[C@H](I)CN1S(=O)(=O)c1ccccc1. The minimum absolute atomic E-state index is 0.104. The number of halogens is 1. The van der Waals surface area contributed by atoms with E-state index in [0.717, 1.165) is 6.42 Å². The lowest BCUT2D eigenvalue weighted by atomic mass is 10.3. The minimum Gasteiger partial charge on any atom is -0.207 e. The van der Waals surface area contributed by atoms with E-state index in [0.29, 0.717) is 15.4 Å². The molecule has 2 rings (SSSR count). The van der Waals surface area contributed by atoms with Gasteiger partial charge in [-0.2, -0.15) is 4.31 Å². The molecule has 1 aromatic rings. The molecule has 1 aromatic carbocycles. The molecule has 1 heterocycles. The number of alkyl halides is 1. The average molecular weight is 351 g/mol. The van der Waals surface area contributed by atoms with Gasteiger partial charge in [0.05, 0.1) is 4.90 Å². The summed E-state index contributed by atoms with van der Waals surface area (Å²) < 4.78 is 26.7. The summed E-state index contributed by atoms with van der Waals surface area (Å²) in [6.45, 7) is 2.60. The molecule has 0 bridgehead atoms. The fourth-order valence-electron chi connectivity index (χ4n) is 2.00. The van der Waals surface area contributed by atoms with E-state index in [9.17, 15) is 8.42 Å². The maximum atomic E-state index is 12.3. The molecule has 1 aliphatic heterocycles. The predicted molar refractivity (Wildman–Crippen MR) is 72.2 cm³/mol. The Morgan fingerprint density at radius 3 is 2.44 bits per heavy atom. The Hall–Kier alpha value is -0.140. The van der Waals surface area contributed by atoms with Crippen molar-refractivity contribution in [3.8, 4) is 0 Å². The van der Waals surface area contributed by atoms with Crippen LogP contribution in [-0.4, -0.2) is 29.2 Å². The van der Waals surface area contributed by atoms with E-state index in [4.69, 9.17) is 0 Å². The van der Waals surface area contributed by atoms with Gasteiger partial charge in [-0.1, -0.05) is 40.8 Å². The van der Waals surface area contributed by atoms with Gasteiger partial charge in [-0.15, -0.1) is 0 Å². The van der Waals surface area contributed by atoms with Crippen molar-refractivity contribution in [2.75, 3.05) is 6.54 Å². The number of sulfonamides is 1. The molecular formula is C11H14INO2S. The van der Waals surface area contributed by atoms with Crippen LogP contribution in [-0.2, 0) is 10.0 Å². The summed E-state index contributed by atoms with van der Waals surface area (Å²) in [7, 11) is -3.29. The van der Waals surface area contributed by atoms with Crippen LogP contribution in [0.2, 0.25) is 0 Å². The highest BCUT2D eigenvalue weighted by Crippen LogP contribution is 2.29. The quantitative estimate of drug-likeness (QED) is 0.606. The lowest BCUT2D eigenvalue weighted by molar-refractivity contribution is 0.408. The number of benzene rings is 1. The average Bonchev–Trinajstić information content (AvgIpc) is 2.60. The third kappa shape index (κ3) is 2.26. The smallest absolute Gasteiger partial charge is 0.207 e. The van der Waals surface area contributed by atoms with Crippen LogP contribution in [0, 0.1) is 0 Å². The molecule has 0 amide bonds. The Labute approximate surface area is 110 Å². The van der Waals surface area contributed by atoms with Crippen molar-refractivity contribution in [3.05, 3.63) is 30.3 Å². The van der Waals surface area contributed by atoms with Crippen molar-refractivity contribution >= 4 is 32.6 Å². The standard InChI is InChI=1S/C11H14INO2S/c1-9-7-10(12)8-13(9)16(14,15)11-5-3-2-4-6-11/h2-6,9-10H,7-8H2,1H3/t9-,10+/m1/s1. The summed E-state index contributed by atoms with van der Waals surface area (Å²) >= 11 is 2.32. The van der Waals surface area contributed by atoms with E-state index >= 15 is 0 Å². The van der Waals surface area contributed by atoms with E-state index in [1.54, 1.807) is 28.6 Å². The van der Waals surface area contributed by atoms with Gasteiger partial charge in [0.15, 0.2) is 0 Å². The lowest BCUT2D eigenvalue weighted by Crippen LogP contribution is -2.34. The fraction of sp³-hybridized carbons (Fsp3) is 0.455. The molecule has 3 nitrogen and oxygen atoms in total. The van der Waals surface area contributed by atoms with Gasteiger partial charge >= 0.3 is 0 Å². The molecule has 1 aliphatic rings. The van der Waals surface area contributed by atoms with Gasteiger partial charge in [0, 0.05) is 16.5 Å². The third-order valence-corrected chi connectivity index (χ3v) is 5.71. The molecule has 1 fully saturated rings. The first-order chi connectivity index (χ1) is 7.51. The largest absolute Gasteiger partial charge is 0.243 e. The number of rotatable bonds is 2. The summed E-state index contributed by atoms with van der Waals surface area (Å²) in [6.07, 6.45) is 0.937. The summed E-state index contributed by atoms with van der Waals surface area (Å²) in [5, 5.41) is 0. The van der Waals surface area contributed by atoms with Crippen molar-refractivity contribution in [2.45, 2.75) is 28.2 Å². The van der Waals surface area contributed by atoms with Crippen LogP contribution in [0.1, 0.15) is 13.3 Å². The van der Waals surface area contributed by atoms with Crippen LogP contribution in [0.5, 0.6) is 0 Å². The molecule has 0 radical (unpaired) electrons. The van der Waals surface area contributed by atoms with Crippen molar-refractivity contribution in [1.29, 1.82) is 0 Å². The molecule has 0 N–H and O–H groups in total. The van der Waals surface area contributed by atoms with E-state index in [1.165, 1.54) is 0 Å². The van der Waals surface area contributed by atoms with Gasteiger partial charge < -0.3 is 0 Å². The van der Waals surface area contributed by atoms with E-state index in [1.807, 2.05) is 13.0 Å². The zero-order valence-corrected chi connectivity index (χ0v) is 12.0. The van der Waals surface area contributed by atoms with Gasteiger partial charge in [0.25, 0.3) is 0 Å². The first-order valence-electron chi connectivity index (χ1n) is 5.23. The van der Waals surface area contributed by atoms with Gasteiger partial charge in [-0.3, -0.25) is 0 Å². The van der Waals surface area contributed by atoms with Crippen molar-refractivity contribution in [2.24, 2.45) is 0 Å². The molecule has 5 heteroatoms. The number of hydrogen-bond acceptors (Lipinski definition) is 2. The first kappa shape index (κ1) is 12.3. The maximum absolute atomic E-state index is 12.3. The highest BCUT2D eigenvalue weighted by molar-refractivity contribution is 14.1. The van der Waals surface area contributed by atoms with Crippen molar-refractivity contribution in [3.63, 3.8) is 0 Å². The maximum Gasteiger partial charge on any atom is 0.243 e. The van der Waals surface area contributed by atoms with Crippen LogP contribution in [0.4, 0.5) is 0 Å². The zero-order valence-electron chi connectivity index (χ0n) is 9.01. The molecule has 0 aliphatic carbocycles. The van der Waals surface area contributed by atoms with Crippen LogP contribution in [0.25, 0.3) is 0 Å². The van der Waals surface area contributed by atoms with Crippen LogP contribution in [0.15, 0.2) is 35.2 Å². The summed E-state index contributed by atoms with van der Waals surface area (Å²) in [6, 6.07) is 8.76. The molecule has 0 spiro atoms. The normalized spacial score (nSPS) is 27.1. The van der Waals surface area contributed by atoms with Crippen LogP contribution >= 0.6 is 22.6 Å². The first-order valence-corrected chi connectivity index (χ1v) is 7.91. The Bertz CT molecular complexity index is 460. The molecular weight excluding hydrogens is 337 g/mol. The topological polar surface area (TPSA) is 37.4 Å². The van der Waals surface area contributed by atoms with Crippen molar-refractivity contribution < 1.29 is 8.42 Å². The molecule has 0 unspecified atom stereocenters. The molecule has 16 heavy (non-hydrogen) atoms. The van der Waals surface area contributed by atoms with E-state index < -0.39 is 10.0 Å². The third-order valence-electron chi connectivity index (χ3n) is 2.82. The predicted octanol–water partition coefficient (Wildman–Crippen LogP) is 2.27. The molecule has 0 aromatic heterocycles. The minimum atomic E-state index is -3.29. The molecule has 88 valence electrons. The summed E-state index contributed by atoms with van der Waals surface area (Å²) in [4.78, 5) is 0.396. The molecule has 0 saturated carbocycles. The Morgan fingerprint density at radius 1 is 1.31 bits per heavy atom. The Morgan fingerprint density at radius 2 is 1.94 bits per heavy atom. The second-order valence-corrected chi connectivity index (χ2v) is 7.72. The summed E-state index contributed by atoms with van der Waals surface area (Å²) in [5.41, 5.74) is 0. The Balaban J connectivity index is 2.34. The lowest BCUT2D eigenvalue weighted by Gasteiger charge is -2.20. The fourth-order valence-corrected chi connectivity index (χ4v) is 5.14. The van der Waals surface area contributed by atoms with E-state index in [-0.39, 0.29) is 6.04 Å². The molecule has 1 saturated heterocycles. The zero-order chi connectivity index (χ0) is 11.8. The van der Waals surface area contributed by atoms with E-state index in [2.05, 4.69) is 22.6 Å².